The molecule has 0 spiro atoms. The van der Waals surface area contributed by atoms with E-state index in [0.29, 0.717) is 29.2 Å². The van der Waals surface area contributed by atoms with E-state index in [1.165, 1.54) is 30.7 Å². The number of anilines is 2. The van der Waals surface area contributed by atoms with Crippen LogP contribution < -0.4 is 16.4 Å². The van der Waals surface area contributed by atoms with Crippen molar-refractivity contribution in [2.75, 3.05) is 11.1 Å². The van der Waals surface area contributed by atoms with E-state index in [4.69, 9.17) is 5.73 Å². The summed E-state index contributed by atoms with van der Waals surface area (Å²) in [4.78, 5) is 25.6. The zero-order valence-electron chi connectivity index (χ0n) is 20.2. The van der Waals surface area contributed by atoms with Gasteiger partial charge in [-0.15, -0.1) is 0 Å². The van der Waals surface area contributed by atoms with Crippen LogP contribution >= 0.6 is 0 Å². The van der Waals surface area contributed by atoms with Gasteiger partial charge >= 0.3 is 0 Å². The van der Waals surface area contributed by atoms with Gasteiger partial charge in [-0.25, -0.2) is 19.3 Å². The molecule has 5 N–H and O–H groups in total. The Morgan fingerprint density at radius 3 is 2.63 bits per heavy atom. The highest BCUT2D eigenvalue weighted by atomic mass is 19.1. The summed E-state index contributed by atoms with van der Waals surface area (Å²) in [7, 11) is 0. The van der Waals surface area contributed by atoms with Crippen LogP contribution in [0.4, 0.5) is 16.0 Å². The second kappa shape index (κ2) is 10.3. The summed E-state index contributed by atoms with van der Waals surface area (Å²) in [5, 5.41) is 23.2. The summed E-state index contributed by atoms with van der Waals surface area (Å²) < 4.78 is 13.3. The van der Waals surface area contributed by atoms with Crippen LogP contribution in [-0.4, -0.2) is 31.1 Å². The van der Waals surface area contributed by atoms with Crippen LogP contribution in [0.3, 0.4) is 0 Å². The van der Waals surface area contributed by atoms with E-state index in [1.54, 1.807) is 19.1 Å². The number of amides is 1. The topological polar surface area (TPSA) is 158 Å². The predicted octanol–water partition coefficient (Wildman–Crippen LogP) is 4.11. The number of halogens is 1. The molecule has 0 fully saturated rings. The molecule has 0 aliphatic carbocycles. The van der Waals surface area contributed by atoms with E-state index in [-0.39, 0.29) is 23.0 Å². The Morgan fingerprint density at radius 1 is 1.13 bits per heavy atom. The average molecular weight is 508 g/mol. The average Bonchev–Trinajstić information content (AvgIpc) is 3.38. The minimum absolute atomic E-state index is 0.231. The number of aromatic nitrogens is 5. The van der Waals surface area contributed by atoms with Crippen LogP contribution in [0.25, 0.3) is 22.3 Å². The van der Waals surface area contributed by atoms with Gasteiger partial charge in [0.2, 0.25) is 0 Å². The number of hydrogen-bond acceptors (Lipinski definition) is 8. The quantitative estimate of drug-likeness (QED) is 0.256. The molecule has 0 radical (unpaired) electrons. The number of hydrogen-bond donors (Lipinski definition) is 4. The number of benzene rings is 2. The van der Waals surface area contributed by atoms with Gasteiger partial charge in [0.25, 0.3) is 5.91 Å². The highest BCUT2D eigenvalue weighted by molar-refractivity contribution is 5.99. The fourth-order valence-electron chi connectivity index (χ4n) is 4.01. The monoisotopic (exact) mass is 507 g/mol. The first-order valence-corrected chi connectivity index (χ1v) is 11.7. The first-order chi connectivity index (χ1) is 18.4. The van der Waals surface area contributed by atoms with E-state index in [2.05, 4.69) is 35.8 Å². The van der Waals surface area contributed by atoms with Crippen molar-refractivity contribution >= 4 is 28.6 Å². The van der Waals surface area contributed by atoms with Gasteiger partial charge in [0.15, 0.2) is 5.65 Å². The summed E-state index contributed by atoms with van der Waals surface area (Å²) in [5.74, 6) is -0.0821. The fourth-order valence-corrected chi connectivity index (χ4v) is 4.01. The molecule has 0 saturated carbocycles. The van der Waals surface area contributed by atoms with Crippen molar-refractivity contribution in [2.45, 2.75) is 19.5 Å². The van der Waals surface area contributed by atoms with E-state index in [0.717, 1.165) is 22.4 Å². The van der Waals surface area contributed by atoms with Crippen LogP contribution in [0.5, 0.6) is 0 Å². The molecule has 0 aliphatic heterocycles. The fraction of sp³-hybridized carbons (Fsp3) is 0.111. The third kappa shape index (κ3) is 4.96. The summed E-state index contributed by atoms with van der Waals surface area (Å²) in [6.07, 6.45) is 2.77. The lowest BCUT2D eigenvalue weighted by Gasteiger charge is -2.16. The maximum absolute atomic E-state index is 13.3. The molecule has 188 valence electrons. The third-order valence-electron chi connectivity index (χ3n) is 6.06. The number of aromatic amines is 1. The lowest BCUT2D eigenvalue weighted by molar-refractivity contribution is 0.0940. The first-order valence-electron chi connectivity index (χ1n) is 11.7. The Labute approximate surface area is 216 Å². The number of nitrogen functional groups attached to an aromatic ring is 1. The molecule has 3 aromatic heterocycles. The van der Waals surface area contributed by atoms with Crippen LogP contribution in [0.1, 0.15) is 40.0 Å². The third-order valence-corrected chi connectivity index (χ3v) is 6.06. The van der Waals surface area contributed by atoms with Crippen molar-refractivity contribution in [3.05, 3.63) is 95.2 Å². The van der Waals surface area contributed by atoms with Gasteiger partial charge in [-0.1, -0.05) is 36.4 Å². The molecule has 0 aliphatic rings. The van der Waals surface area contributed by atoms with Crippen molar-refractivity contribution in [2.24, 2.45) is 0 Å². The van der Waals surface area contributed by atoms with Crippen LogP contribution in [0.2, 0.25) is 0 Å². The summed E-state index contributed by atoms with van der Waals surface area (Å²) >= 11 is 0. The maximum atomic E-state index is 13.3. The molecule has 0 bridgehead atoms. The first kappa shape index (κ1) is 24.3. The number of nitrogens with two attached hydrogens (primary N) is 1. The van der Waals surface area contributed by atoms with Gasteiger partial charge < -0.3 is 16.4 Å². The standard InChI is InChI=1S/C27H22FN9O/c1-15(18-6-8-20(28)9-7-18)35-27(38)21-10-17(11-29)13-32-25(21)31-12-16-2-4-19(5-3-16)23-22-24(30)33-14-34-26(22)37-36-23/h2-10,13-15H,12H2,1H3,(H,31,32)(H,35,38)(H3,30,33,34,36,37)/t15-/m0/s1. The van der Waals surface area contributed by atoms with Crippen molar-refractivity contribution in [1.29, 1.82) is 5.26 Å². The minimum atomic E-state index is -0.407. The molecular weight excluding hydrogens is 485 g/mol. The van der Waals surface area contributed by atoms with Gasteiger partial charge in [0, 0.05) is 18.3 Å². The zero-order chi connectivity index (χ0) is 26.6. The summed E-state index contributed by atoms with van der Waals surface area (Å²) in [6.45, 7) is 2.17. The van der Waals surface area contributed by atoms with Gasteiger partial charge in [0.05, 0.1) is 28.2 Å². The number of carbonyl (C=O) groups excluding carboxylic acids is 1. The molecule has 3 heterocycles. The van der Waals surface area contributed by atoms with Gasteiger partial charge in [-0.05, 0) is 36.2 Å². The van der Waals surface area contributed by atoms with Crippen molar-refractivity contribution in [1.82, 2.24) is 30.5 Å². The number of nitrogens with zero attached hydrogens (tertiary/aromatic N) is 5. The molecule has 0 saturated heterocycles. The highest BCUT2D eigenvalue weighted by Crippen LogP contribution is 2.28. The lowest BCUT2D eigenvalue weighted by Crippen LogP contribution is -2.28. The molecule has 11 heteroatoms. The van der Waals surface area contributed by atoms with Gasteiger partial charge in [-0.2, -0.15) is 10.4 Å². The number of carbonyl (C=O) groups is 1. The largest absolute Gasteiger partial charge is 0.383 e. The Morgan fingerprint density at radius 2 is 1.89 bits per heavy atom. The molecule has 10 nitrogen and oxygen atoms in total. The molecule has 5 aromatic rings. The van der Waals surface area contributed by atoms with Crippen LogP contribution in [0, 0.1) is 17.1 Å². The van der Waals surface area contributed by atoms with E-state index in [9.17, 15) is 14.4 Å². The highest BCUT2D eigenvalue weighted by Gasteiger charge is 2.18. The Kier molecular flexibility index (Phi) is 6.61. The minimum Gasteiger partial charge on any atom is -0.383 e. The number of nitriles is 1. The Balaban J connectivity index is 1.32. The van der Waals surface area contributed by atoms with E-state index < -0.39 is 5.91 Å². The summed E-state index contributed by atoms with van der Waals surface area (Å²) in [5.41, 5.74) is 10.3. The molecular formula is C27H22FN9O. The maximum Gasteiger partial charge on any atom is 0.255 e. The normalized spacial score (nSPS) is 11.6. The smallest absolute Gasteiger partial charge is 0.255 e. The van der Waals surface area contributed by atoms with E-state index in [1.807, 2.05) is 30.3 Å². The number of nitrogens with one attached hydrogen (secondary N) is 3. The Bertz CT molecular complexity index is 1660. The molecule has 1 atom stereocenters. The number of pyridine rings is 1. The lowest BCUT2D eigenvalue weighted by atomic mass is 10.1. The van der Waals surface area contributed by atoms with Crippen molar-refractivity contribution in [3.8, 4) is 17.3 Å². The second-order valence-electron chi connectivity index (χ2n) is 8.59. The molecule has 38 heavy (non-hydrogen) atoms. The van der Waals surface area contributed by atoms with Crippen molar-refractivity contribution < 1.29 is 9.18 Å². The number of fused-ring (bicyclic) bond motifs is 1. The van der Waals surface area contributed by atoms with Gasteiger partial charge in [0.1, 0.15) is 29.8 Å². The molecule has 5 rings (SSSR count). The zero-order valence-corrected chi connectivity index (χ0v) is 20.2. The van der Waals surface area contributed by atoms with Crippen LogP contribution in [0.15, 0.2) is 67.1 Å². The molecule has 0 unspecified atom stereocenters. The van der Waals surface area contributed by atoms with Crippen LogP contribution in [-0.2, 0) is 6.54 Å². The number of rotatable bonds is 7. The van der Waals surface area contributed by atoms with Crippen molar-refractivity contribution in [3.63, 3.8) is 0 Å². The SMILES string of the molecule is C[C@H](NC(=O)c1cc(C#N)cnc1NCc1ccc(-c2[nH]nc3ncnc(N)c23)cc1)c1ccc(F)cc1. The predicted molar refractivity (Wildman–Crippen MR) is 140 cm³/mol. The Hall–Kier alpha value is -5.37. The molecule has 1 amide bonds. The molecule has 2 aromatic carbocycles. The number of H-pyrrole nitrogens is 1. The second-order valence-corrected chi connectivity index (χ2v) is 8.59. The summed E-state index contributed by atoms with van der Waals surface area (Å²) in [6, 6.07) is 16.7. The van der Waals surface area contributed by atoms with E-state index >= 15 is 0 Å². The van der Waals surface area contributed by atoms with Gasteiger partial charge in [-0.3, -0.25) is 9.89 Å².